The second-order valence-corrected chi connectivity index (χ2v) is 9.01. The zero-order valence-electron chi connectivity index (χ0n) is 17.5. The largest absolute Gasteiger partial charge is 0.497 e. The number of nitrogens with zero attached hydrogens (tertiary/aromatic N) is 3. The van der Waals surface area contributed by atoms with E-state index in [1.165, 1.54) is 23.5 Å². The highest BCUT2D eigenvalue weighted by Gasteiger charge is 2.32. The van der Waals surface area contributed by atoms with Crippen molar-refractivity contribution in [3.8, 4) is 22.8 Å². The number of rotatable bonds is 6. The molecule has 0 radical (unpaired) electrons. The van der Waals surface area contributed by atoms with E-state index >= 15 is 0 Å². The molecule has 0 amide bonds. The van der Waals surface area contributed by atoms with Crippen molar-refractivity contribution in [2.45, 2.75) is 12.5 Å². The molecule has 0 unspecified atom stereocenters. The van der Waals surface area contributed by atoms with Gasteiger partial charge >= 0.3 is 0 Å². The molecule has 0 fully saturated rings. The van der Waals surface area contributed by atoms with Crippen LogP contribution in [-0.4, -0.2) is 24.9 Å². The first kappa shape index (κ1) is 20.7. The van der Waals surface area contributed by atoms with Crippen LogP contribution in [0.5, 0.6) is 11.5 Å². The Labute approximate surface area is 193 Å². The van der Waals surface area contributed by atoms with Crippen LogP contribution < -0.4 is 14.5 Å². The van der Waals surface area contributed by atoms with Crippen LogP contribution in [0.25, 0.3) is 11.3 Å². The standard InChI is InChI=1S/C24H20FN3O2S2/c1-29-17-9-10-22(30-2)18(12-17)20-14-32-24(26-20)28-21(15-5-7-16(25)8-6-15)13-19(27-28)23-4-3-11-31-23/h3-12,14,21H,13H2,1-2H3/t21-/m0/s1. The summed E-state index contributed by atoms with van der Waals surface area (Å²) in [6.07, 6.45) is 0.726. The number of ether oxygens (including phenoxy) is 2. The van der Waals surface area contributed by atoms with E-state index in [1.54, 1.807) is 25.6 Å². The average Bonchev–Trinajstić information content (AvgIpc) is 3.59. The van der Waals surface area contributed by atoms with Crippen LogP contribution in [0, 0.1) is 5.82 Å². The summed E-state index contributed by atoms with van der Waals surface area (Å²) in [4.78, 5) is 6.02. The van der Waals surface area contributed by atoms with Gasteiger partial charge in [0.1, 0.15) is 17.3 Å². The Morgan fingerprint density at radius 1 is 1.03 bits per heavy atom. The Kier molecular flexibility index (Phi) is 5.63. The van der Waals surface area contributed by atoms with Crippen LogP contribution in [0.1, 0.15) is 22.9 Å². The molecule has 5 nitrogen and oxygen atoms in total. The topological polar surface area (TPSA) is 47.0 Å². The Morgan fingerprint density at radius 2 is 1.88 bits per heavy atom. The molecule has 2 aromatic heterocycles. The molecule has 32 heavy (non-hydrogen) atoms. The highest BCUT2D eigenvalue weighted by molar-refractivity contribution is 7.14. The summed E-state index contributed by atoms with van der Waals surface area (Å²) < 4.78 is 24.5. The molecule has 3 heterocycles. The number of halogens is 1. The summed E-state index contributed by atoms with van der Waals surface area (Å²) >= 11 is 3.18. The number of anilines is 1. The molecule has 1 atom stereocenters. The highest BCUT2D eigenvalue weighted by Crippen LogP contribution is 2.41. The molecular weight excluding hydrogens is 445 g/mol. The zero-order valence-corrected chi connectivity index (χ0v) is 19.1. The van der Waals surface area contributed by atoms with E-state index in [-0.39, 0.29) is 11.9 Å². The number of hydrogen-bond donors (Lipinski definition) is 0. The first-order valence-electron chi connectivity index (χ1n) is 10.00. The number of thiophene rings is 1. The second kappa shape index (κ2) is 8.72. The van der Waals surface area contributed by atoms with Crippen molar-refractivity contribution in [1.82, 2.24) is 4.98 Å². The summed E-state index contributed by atoms with van der Waals surface area (Å²) in [5, 5.41) is 11.7. The van der Waals surface area contributed by atoms with Gasteiger partial charge in [0, 0.05) is 17.4 Å². The first-order valence-corrected chi connectivity index (χ1v) is 11.8. The predicted octanol–water partition coefficient (Wildman–Crippen LogP) is 6.38. The summed E-state index contributed by atoms with van der Waals surface area (Å²) in [5.41, 5.74) is 3.65. The van der Waals surface area contributed by atoms with Crippen LogP contribution in [0.4, 0.5) is 9.52 Å². The maximum Gasteiger partial charge on any atom is 0.207 e. The van der Waals surface area contributed by atoms with Gasteiger partial charge in [0.05, 0.1) is 36.5 Å². The molecule has 0 saturated carbocycles. The minimum absolute atomic E-state index is 0.0566. The van der Waals surface area contributed by atoms with E-state index in [9.17, 15) is 4.39 Å². The van der Waals surface area contributed by atoms with Gasteiger partial charge in [0.2, 0.25) is 5.13 Å². The molecule has 4 aromatic rings. The minimum atomic E-state index is -0.251. The van der Waals surface area contributed by atoms with E-state index in [0.29, 0.717) is 0 Å². The van der Waals surface area contributed by atoms with Crippen molar-refractivity contribution >= 4 is 33.5 Å². The molecule has 0 saturated heterocycles. The van der Waals surface area contributed by atoms with Gasteiger partial charge in [-0.1, -0.05) is 18.2 Å². The van der Waals surface area contributed by atoms with Crippen molar-refractivity contribution in [2.24, 2.45) is 5.10 Å². The summed E-state index contributed by atoms with van der Waals surface area (Å²) in [7, 11) is 3.28. The number of aromatic nitrogens is 1. The molecule has 0 spiro atoms. The molecule has 1 aliphatic rings. The van der Waals surface area contributed by atoms with Crippen LogP contribution in [0.2, 0.25) is 0 Å². The Balaban J connectivity index is 1.54. The van der Waals surface area contributed by atoms with E-state index in [0.717, 1.165) is 50.5 Å². The Bertz CT molecular complexity index is 1250. The summed E-state index contributed by atoms with van der Waals surface area (Å²) in [5.74, 6) is 1.21. The number of hydrogen-bond acceptors (Lipinski definition) is 7. The Morgan fingerprint density at radius 3 is 2.59 bits per heavy atom. The number of thiazole rings is 1. The molecule has 0 bridgehead atoms. The maximum absolute atomic E-state index is 13.5. The SMILES string of the molecule is COc1ccc(OC)c(-c2csc(N3N=C(c4cccs4)C[C@H]3c3ccc(F)cc3)n2)c1. The van der Waals surface area contributed by atoms with Gasteiger partial charge in [0.15, 0.2) is 0 Å². The quantitative estimate of drug-likeness (QED) is 0.331. The fraction of sp³-hybridized carbons (Fsp3) is 0.167. The lowest BCUT2D eigenvalue weighted by atomic mass is 10.0. The van der Waals surface area contributed by atoms with Crippen molar-refractivity contribution in [1.29, 1.82) is 0 Å². The number of benzene rings is 2. The van der Waals surface area contributed by atoms with Crippen molar-refractivity contribution < 1.29 is 13.9 Å². The molecule has 162 valence electrons. The number of hydrazone groups is 1. The molecule has 5 rings (SSSR count). The van der Waals surface area contributed by atoms with E-state index in [1.807, 2.05) is 52.2 Å². The Hall–Kier alpha value is -3.23. The van der Waals surface area contributed by atoms with Gasteiger partial charge in [-0.15, -0.1) is 22.7 Å². The zero-order chi connectivity index (χ0) is 22.1. The lowest BCUT2D eigenvalue weighted by molar-refractivity contribution is 0.404. The van der Waals surface area contributed by atoms with Gasteiger partial charge in [-0.25, -0.2) is 14.4 Å². The van der Waals surface area contributed by atoms with Crippen LogP contribution in [0.15, 0.2) is 70.5 Å². The fourth-order valence-electron chi connectivity index (χ4n) is 3.73. The van der Waals surface area contributed by atoms with Crippen LogP contribution >= 0.6 is 22.7 Å². The second-order valence-electron chi connectivity index (χ2n) is 7.22. The summed E-state index contributed by atoms with van der Waals surface area (Å²) in [6.45, 7) is 0. The molecule has 1 aliphatic heterocycles. The van der Waals surface area contributed by atoms with Crippen molar-refractivity contribution in [3.05, 3.63) is 81.6 Å². The lowest BCUT2D eigenvalue weighted by Gasteiger charge is -2.21. The van der Waals surface area contributed by atoms with E-state index < -0.39 is 0 Å². The van der Waals surface area contributed by atoms with Crippen LogP contribution in [-0.2, 0) is 0 Å². The molecule has 2 aromatic carbocycles. The van der Waals surface area contributed by atoms with Gasteiger partial charge in [-0.05, 0) is 47.3 Å². The molecule has 0 N–H and O–H groups in total. The van der Waals surface area contributed by atoms with Crippen LogP contribution in [0.3, 0.4) is 0 Å². The third-order valence-corrected chi connectivity index (χ3v) is 7.09. The molecule has 8 heteroatoms. The lowest BCUT2D eigenvalue weighted by Crippen LogP contribution is -2.18. The third kappa shape index (κ3) is 3.87. The fourth-order valence-corrected chi connectivity index (χ4v) is 5.28. The molecule has 0 aliphatic carbocycles. The van der Waals surface area contributed by atoms with Crippen molar-refractivity contribution in [2.75, 3.05) is 19.2 Å². The third-order valence-electron chi connectivity index (χ3n) is 5.34. The van der Waals surface area contributed by atoms with Gasteiger partial charge in [0.25, 0.3) is 0 Å². The van der Waals surface area contributed by atoms with Crippen molar-refractivity contribution in [3.63, 3.8) is 0 Å². The molecular formula is C24H20FN3O2S2. The predicted molar refractivity (Wildman–Crippen MR) is 128 cm³/mol. The average molecular weight is 466 g/mol. The monoisotopic (exact) mass is 465 g/mol. The number of methoxy groups -OCH3 is 2. The van der Waals surface area contributed by atoms with Gasteiger partial charge < -0.3 is 9.47 Å². The highest BCUT2D eigenvalue weighted by atomic mass is 32.1. The van der Waals surface area contributed by atoms with E-state index in [2.05, 4.69) is 6.07 Å². The minimum Gasteiger partial charge on any atom is -0.497 e. The maximum atomic E-state index is 13.5. The first-order chi connectivity index (χ1) is 15.7. The van der Waals surface area contributed by atoms with E-state index in [4.69, 9.17) is 19.6 Å². The normalized spacial score (nSPS) is 15.7. The van der Waals surface area contributed by atoms with Gasteiger partial charge in [-0.2, -0.15) is 5.10 Å². The smallest absolute Gasteiger partial charge is 0.207 e. The van der Waals surface area contributed by atoms with Gasteiger partial charge in [-0.3, -0.25) is 0 Å². The summed E-state index contributed by atoms with van der Waals surface area (Å²) in [6, 6.07) is 16.3.